The predicted octanol–water partition coefficient (Wildman–Crippen LogP) is 11.3. The first kappa shape index (κ1) is 32.3. The van der Waals surface area contributed by atoms with E-state index in [2.05, 4.69) is 23.7 Å². The third kappa shape index (κ3) is 5.47. The zero-order valence-electron chi connectivity index (χ0n) is 28.8. The number of hydrogen-bond acceptors (Lipinski definition) is 4. The van der Waals surface area contributed by atoms with Gasteiger partial charge in [0.25, 0.3) is 0 Å². The first-order chi connectivity index (χ1) is 26.5. The van der Waals surface area contributed by atoms with E-state index in [-0.39, 0.29) is 23.0 Å². The van der Waals surface area contributed by atoms with E-state index in [0.717, 1.165) is 43.1 Å². The van der Waals surface area contributed by atoms with E-state index in [1.54, 1.807) is 12.1 Å². The van der Waals surface area contributed by atoms with Gasteiger partial charge in [0.2, 0.25) is 0 Å². The largest absolute Gasteiger partial charge is 0.507 e. The van der Waals surface area contributed by atoms with Gasteiger partial charge in [0.1, 0.15) is 23.0 Å². The molecule has 0 aliphatic carbocycles. The van der Waals surface area contributed by atoms with Gasteiger partial charge < -0.3 is 20.4 Å². The van der Waals surface area contributed by atoms with Crippen molar-refractivity contribution in [3.63, 3.8) is 0 Å². The SMILES string of the molecule is Oc1ccc2ccccc2c1-c1c(O)c(C#Cc2ccccc2C#Cc2cc3ccccc3c(-c3c(O)ccc4ccccc34)c2O)cc2ccccc12. The van der Waals surface area contributed by atoms with Crippen molar-refractivity contribution in [1.29, 1.82) is 0 Å². The van der Waals surface area contributed by atoms with Crippen LogP contribution < -0.4 is 0 Å². The lowest BCUT2D eigenvalue weighted by Gasteiger charge is -2.15. The smallest absolute Gasteiger partial charge is 0.139 e. The summed E-state index contributed by atoms with van der Waals surface area (Å²) in [5.74, 6) is 13.0. The molecule has 9 aromatic carbocycles. The van der Waals surface area contributed by atoms with E-state index in [1.807, 2.05) is 146 Å². The molecule has 4 nitrogen and oxygen atoms in total. The van der Waals surface area contributed by atoms with Crippen LogP contribution in [-0.2, 0) is 0 Å². The molecule has 4 N–H and O–H groups in total. The highest BCUT2D eigenvalue weighted by molar-refractivity contribution is 6.12. The predicted molar refractivity (Wildman–Crippen MR) is 219 cm³/mol. The molecule has 0 unspecified atom stereocenters. The molecule has 0 radical (unpaired) electrons. The third-order valence-corrected chi connectivity index (χ3v) is 9.95. The van der Waals surface area contributed by atoms with Crippen LogP contribution in [0.3, 0.4) is 0 Å². The molecule has 254 valence electrons. The van der Waals surface area contributed by atoms with E-state index in [1.165, 1.54) is 0 Å². The number of fused-ring (bicyclic) bond motifs is 4. The van der Waals surface area contributed by atoms with Crippen LogP contribution in [0.1, 0.15) is 22.3 Å². The summed E-state index contributed by atoms with van der Waals surface area (Å²) in [6.45, 7) is 0. The second kappa shape index (κ2) is 13.1. The van der Waals surface area contributed by atoms with Gasteiger partial charge in [-0.05, 0) is 79.5 Å². The molecule has 0 aliphatic heterocycles. The zero-order chi connectivity index (χ0) is 36.8. The molecular weight excluding hydrogens is 665 g/mol. The molecule has 0 saturated heterocycles. The van der Waals surface area contributed by atoms with Crippen molar-refractivity contribution in [2.24, 2.45) is 0 Å². The minimum atomic E-state index is -0.0262. The van der Waals surface area contributed by atoms with Gasteiger partial charge in [0.05, 0.1) is 11.1 Å². The monoisotopic (exact) mass is 694 g/mol. The number of aromatic hydroxyl groups is 4. The minimum absolute atomic E-state index is 0.0262. The summed E-state index contributed by atoms with van der Waals surface area (Å²) in [4.78, 5) is 0. The van der Waals surface area contributed by atoms with E-state index >= 15 is 0 Å². The van der Waals surface area contributed by atoms with Crippen LogP contribution >= 0.6 is 0 Å². The molecule has 9 aromatic rings. The summed E-state index contributed by atoms with van der Waals surface area (Å²) in [6, 6.07) is 49.3. The maximum atomic E-state index is 11.9. The summed E-state index contributed by atoms with van der Waals surface area (Å²) in [7, 11) is 0. The lowest BCUT2D eigenvalue weighted by molar-refractivity contribution is 0.469. The van der Waals surface area contributed by atoms with E-state index < -0.39 is 0 Å². The van der Waals surface area contributed by atoms with Crippen LogP contribution in [0.2, 0.25) is 0 Å². The number of phenolic OH excluding ortho intramolecular Hbond substituents is 4. The van der Waals surface area contributed by atoms with Crippen molar-refractivity contribution in [3.05, 3.63) is 180 Å². The zero-order valence-corrected chi connectivity index (χ0v) is 28.8. The van der Waals surface area contributed by atoms with Crippen LogP contribution in [0.4, 0.5) is 0 Å². The standard InChI is InChI=1S/C50H30O4/c51-43-27-25-33-13-3-7-17-39(33)45(43)47-41-19-9-5-15-35(41)29-37(49(47)53)23-21-31-11-1-2-12-32(31)22-24-38-30-36-16-6-10-20-42(36)48(50(38)54)46-40-18-8-4-14-34(40)26-28-44(46)52/h1-20,25-30,51-54H. The number of rotatable bonds is 2. The summed E-state index contributed by atoms with van der Waals surface area (Å²) in [5.41, 5.74) is 4.21. The average molecular weight is 695 g/mol. The fourth-order valence-electron chi connectivity index (χ4n) is 7.39. The van der Waals surface area contributed by atoms with Gasteiger partial charge in [-0.2, -0.15) is 0 Å². The summed E-state index contributed by atoms with van der Waals surface area (Å²) < 4.78 is 0. The highest BCUT2D eigenvalue weighted by atomic mass is 16.3. The minimum Gasteiger partial charge on any atom is -0.507 e. The Morgan fingerprint density at radius 2 is 0.593 bits per heavy atom. The molecular formula is C50H30O4. The van der Waals surface area contributed by atoms with Crippen LogP contribution in [0.15, 0.2) is 158 Å². The van der Waals surface area contributed by atoms with Gasteiger partial charge in [0.15, 0.2) is 0 Å². The molecule has 0 heterocycles. The van der Waals surface area contributed by atoms with Crippen LogP contribution in [-0.4, -0.2) is 20.4 Å². The Morgan fingerprint density at radius 1 is 0.278 bits per heavy atom. The third-order valence-electron chi connectivity index (χ3n) is 9.95. The number of phenols is 4. The number of hydrogen-bond donors (Lipinski definition) is 4. The van der Waals surface area contributed by atoms with Gasteiger partial charge in [-0.1, -0.05) is 145 Å². The Kier molecular flexibility index (Phi) is 7.85. The normalized spacial score (nSPS) is 11.0. The molecule has 0 amide bonds. The lowest BCUT2D eigenvalue weighted by Crippen LogP contribution is -1.91. The van der Waals surface area contributed by atoms with Crippen LogP contribution in [0.5, 0.6) is 23.0 Å². The number of benzene rings is 9. The molecule has 0 spiro atoms. The molecule has 9 rings (SSSR count). The lowest BCUT2D eigenvalue weighted by atomic mass is 9.90. The molecule has 0 aromatic heterocycles. The van der Waals surface area contributed by atoms with E-state index in [9.17, 15) is 20.4 Å². The van der Waals surface area contributed by atoms with Gasteiger partial charge >= 0.3 is 0 Å². The van der Waals surface area contributed by atoms with Gasteiger partial charge in [-0.3, -0.25) is 0 Å². The highest BCUT2D eigenvalue weighted by Crippen LogP contribution is 2.47. The van der Waals surface area contributed by atoms with Crippen molar-refractivity contribution in [2.45, 2.75) is 0 Å². The maximum Gasteiger partial charge on any atom is 0.139 e. The average Bonchev–Trinajstić information content (AvgIpc) is 3.20. The second-order valence-electron chi connectivity index (χ2n) is 13.1. The summed E-state index contributed by atoms with van der Waals surface area (Å²) in [6.07, 6.45) is 0. The van der Waals surface area contributed by atoms with Gasteiger partial charge in [0, 0.05) is 33.4 Å². The molecule has 0 fully saturated rings. The summed E-state index contributed by atoms with van der Waals surface area (Å²) >= 11 is 0. The summed E-state index contributed by atoms with van der Waals surface area (Å²) in [5, 5.41) is 52.9. The Labute approximate surface area is 311 Å². The van der Waals surface area contributed by atoms with Crippen LogP contribution in [0.25, 0.3) is 65.3 Å². The van der Waals surface area contributed by atoms with Gasteiger partial charge in [-0.15, -0.1) is 0 Å². The van der Waals surface area contributed by atoms with Crippen molar-refractivity contribution < 1.29 is 20.4 Å². The van der Waals surface area contributed by atoms with Crippen molar-refractivity contribution in [1.82, 2.24) is 0 Å². The molecule has 0 atom stereocenters. The maximum absolute atomic E-state index is 11.9. The molecule has 0 saturated carbocycles. The van der Waals surface area contributed by atoms with Crippen molar-refractivity contribution in [2.75, 3.05) is 0 Å². The molecule has 4 heteroatoms. The van der Waals surface area contributed by atoms with Crippen molar-refractivity contribution >= 4 is 43.1 Å². The Bertz CT molecular complexity index is 2900. The second-order valence-corrected chi connectivity index (χ2v) is 13.1. The van der Waals surface area contributed by atoms with E-state index in [0.29, 0.717) is 44.5 Å². The quantitative estimate of drug-likeness (QED) is 0.136. The Balaban J connectivity index is 1.18. The molecule has 0 aliphatic rings. The van der Waals surface area contributed by atoms with Gasteiger partial charge in [-0.25, -0.2) is 0 Å². The molecule has 54 heavy (non-hydrogen) atoms. The Morgan fingerprint density at radius 3 is 1.00 bits per heavy atom. The van der Waals surface area contributed by atoms with Crippen molar-refractivity contribution in [3.8, 4) is 68.9 Å². The van der Waals surface area contributed by atoms with E-state index in [4.69, 9.17) is 0 Å². The first-order valence-corrected chi connectivity index (χ1v) is 17.5. The van der Waals surface area contributed by atoms with Crippen LogP contribution in [0, 0.1) is 23.7 Å². The topological polar surface area (TPSA) is 80.9 Å². The first-order valence-electron chi connectivity index (χ1n) is 17.5. The fourth-order valence-corrected chi connectivity index (χ4v) is 7.39. The molecule has 0 bridgehead atoms. The fraction of sp³-hybridized carbons (Fsp3) is 0. The highest BCUT2D eigenvalue weighted by Gasteiger charge is 2.21. The Hall–Kier alpha value is -7.66.